The Kier molecular flexibility index (Phi) is 2.66. The minimum atomic E-state index is -1.10. The van der Waals surface area contributed by atoms with E-state index in [0.717, 1.165) is 22.4 Å². The van der Waals surface area contributed by atoms with Crippen molar-refractivity contribution in [2.24, 2.45) is 0 Å². The fourth-order valence-corrected chi connectivity index (χ4v) is 1.72. The molecule has 0 bridgehead atoms. The second kappa shape index (κ2) is 4.00. The number of aromatic nitrogens is 4. The van der Waals surface area contributed by atoms with Crippen molar-refractivity contribution >= 4 is 11.6 Å². The molecule has 2 aromatic rings. The van der Waals surface area contributed by atoms with Gasteiger partial charge in [-0.05, 0) is 13.3 Å². The molecule has 2 rings (SSSR count). The van der Waals surface area contributed by atoms with Gasteiger partial charge in [0, 0.05) is 11.3 Å². The number of hydrogen-bond acceptors (Lipinski definition) is 4. The van der Waals surface area contributed by atoms with Crippen LogP contribution in [-0.2, 0) is 17.8 Å². The molecular formula is C10H12N4O3. The lowest BCUT2D eigenvalue weighted by Crippen LogP contribution is -2.24. The Labute approximate surface area is 96.3 Å². The average Bonchev–Trinajstić information content (AvgIpc) is 2.58. The van der Waals surface area contributed by atoms with Gasteiger partial charge in [-0.15, -0.1) is 5.10 Å². The summed E-state index contributed by atoms with van der Waals surface area (Å²) in [5, 5.41) is 12.7. The molecule has 7 heteroatoms. The van der Waals surface area contributed by atoms with Crippen molar-refractivity contribution in [1.82, 2.24) is 19.2 Å². The zero-order valence-corrected chi connectivity index (χ0v) is 9.54. The first kappa shape index (κ1) is 11.3. The maximum absolute atomic E-state index is 11.8. The SMILES string of the molecule is CCc1ncn2c(=O)n(CC(=O)O)nc2c1C. The van der Waals surface area contributed by atoms with Gasteiger partial charge in [-0.2, -0.15) is 0 Å². The van der Waals surface area contributed by atoms with Crippen LogP contribution in [0.2, 0.25) is 0 Å². The first-order chi connectivity index (χ1) is 8.04. The highest BCUT2D eigenvalue weighted by Gasteiger charge is 2.13. The predicted molar refractivity (Wildman–Crippen MR) is 59.0 cm³/mol. The molecule has 0 saturated carbocycles. The van der Waals surface area contributed by atoms with Crippen LogP contribution in [0.3, 0.4) is 0 Å². The summed E-state index contributed by atoms with van der Waals surface area (Å²) in [6, 6.07) is 0. The van der Waals surface area contributed by atoms with Crippen molar-refractivity contribution in [3.8, 4) is 0 Å². The number of aryl methyl sites for hydroxylation is 2. The molecule has 90 valence electrons. The molecule has 0 amide bonds. The highest BCUT2D eigenvalue weighted by atomic mass is 16.4. The van der Waals surface area contributed by atoms with Crippen molar-refractivity contribution in [2.75, 3.05) is 0 Å². The van der Waals surface area contributed by atoms with Gasteiger partial charge < -0.3 is 5.11 Å². The van der Waals surface area contributed by atoms with Gasteiger partial charge in [-0.25, -0.2) is 18.9 Å². The number of aliphatic carboxylic acids is 1. The monoisotopic (exact) mass is 236 g/mol. The molecule has 0 aliphatic carbocycles. The highest BCUT2D eigenvalue weighted by Crippen LogP contribution is 2.09. The molecule has 0 saturated heterocycles. The third kappa shape index (κ3) is 1.79. The minimum Gasteiger partial charge on any atom is -0.480 e. The van der Waals surface area contributed by atoms with E-state index < -0.39 is 18.2 Å². The molecule has 0 aliphatic rings. The van der Waals surface area contributed by atoms with E-state index in [0.29, 0.717) is 5.65 Å². The van der Waals surface area contributed by atoms with Gasteiger partial charge in [0.05, 0.1) is 0 Å². The summed E-state index contributed by atoms with van der Waals surface area (Å²) in [6.45, 7) is 3.33. The number of carbonyl (C=O) groups is 1. The summed E-state index contributed by atoms with van der Waals surface area (Å²) in [6.07, 6.45) is 2.12. The third-order valence-corrected chi connectivity index (χ3v) is 2.59. The molecule has 17 heavy (non-hydrogen) atoms. The van der Waals surface area contributed by atoms with Crippen LogP contribution >= 0.6 is 0 Å². The van der Waals surface area contributed by atoms with Gasteiger partial charge in [-0.3, -0.25) is 4.79 Å². The van der Waals surface area contributed by atoms with E-state index >= 15 is 0 Å². The Morgan fingerprint density at radius 2 is 2.24 bits per heavy atom. The molecule has 2 heterocycles. The average molecular weight is 236 g/mol. The number of carboxylic acids is 1. The smallest absolute Gasteiger partial charge is 0.352 e. The van der Waals surface area contributed by atoms with Crippen molar-refractivity contribution in [3.63, 3.8) is 0 Å². The molecule has 0 atom stereocenters. The molecule has 0 aromatic carbocycles. The fraction of sp³-hybridized carbons (Fsp3) is 0.400. The zero-order valence-electron chi connectivity index (χ0n) is 9.54. The second-order valence-corrected chi connectivity index (χ2v) is 3.70. The Balaban J connectivity index is 2.69. The van der Waals surface area contributed by atoms with E-state index in [-0.39, 0.29) is 0 Å². The van der Waals surface area contributed by atoms with Gasteiger partial charge in [0.25, 0.3) is 0 Å². The van der Waals surface area contributed by atoms with Crippen LogP contribution < -0.4 is 5.69 Å². The Morgan fingerprint density at radius 3 is 2.82 bits per heavy atom. The second-order valence-electron chi connectivity index (χ2n) is 3.70. The van der Waals surface area contributed by atoms with E-state index in [9.17, 15) is 9.59 Å². The van der Waals surface area contributed by atoms with Crippen LogP contribution in [0.25, 0.3) is 5.65 Å². The summed E-state index contributed by atoms with van der Waals surface area (Å²) < 4.78 is 2.18. The van der Waals surface area contributed by atoms with Crippen molar-refractivity contribution in [1.29, 1.82) is 0 Å². The van der Waals surface area contributed by atoms with Crippen molar-refractivity contribution < 1.29 is 9.90 Å². The van der Waals surface area contributed by atoms with Gasteiger partial charge in [0.2, 0.25) is 0 Å². The summed E-state index contributed by atoms with van der Waals surface area (Å²) in [7, 11) is 0. The van der Waals surface area contributed by atoms with E-state index in [1.807, 2.05) is 13.8 Å². The minimum absolute atomic E-state index is 0.443. The van der Waals surface area contributed by atoms with E-state index in [1.165, 1.54) is 10.7 Å². The summed E-state index contributed by atoms with van der Waals surface area (Å²) in [4.78, 5) is 26.5. The zero-order chi connectivity index (χ0) is 12.6. The molecule has 0 unspecified atom stereocenters. The van der Waals surface area contributed by atoms with E-state index in [4.69, 9.17) is 5.11 Å². The first-order valence-corrected chi connectivity index (χ1v) is 5.20. The molecule has 0 spiro atoms. The van der Waals surface area contributed by atoms with E-state index in [2.05, 4.69) is 10.1 Å². The Bertz CT molecular complexity index is 641. The molecule has 1 N–H and O–H groups in total. The van der Waals surface area contributed by atoms with Crippen molar-refractivity contribution in [2.45, 2.75) is 26.8 Å². The molecular weight excluding hydrogens is 224 g/mol. The summed E-state index contributed by atoms with van der Waals surface area (Å²) in [5.74, 6) is -1.10. The van der Waals surface area contributed by atoms with Crippen LogP contribution in [0.1, 0.15) is 18.2 Å². The molecule has 7 nitrogen and oxygen atoms in total. The number of fused-ring (bicyclic) bond motifs is 1. The first-order valence-electron chi connectivity index (χ1n) is 5.20. The van der Waals surface area contributed by atoms with Gasteiger partial charge >= 0.3 is 11.7 Å². The summed E-state index contributed by atoms with van der Waals surface area (Å²) in [5.41, 5.74) is 1.63. The summed E-state index contributed by atoms with van der Waals surface area (Å²) >= 11 is 0. The van der Waals surface area contributed by atoms with Crippen molar-refractivity contribution in [3.05, 3.63) is 28.1 Å². The molecule has 0 aliphatic heterocycles. The van der Waals surface area contributed by atoms with E-state index in [1.54, 1.807) is 0 Å². The predicted octanol–water partition coefficient (Wildman–Crippen LogP) is -0.154. The standard InChI is InChI=1S/C10H12N4O3/c1-3-7-6(2)9-12-14(4-8(15)16)10(17)13(9)5-11-7/h5H,3-4H2,1-2H3,(H,15,16). The number of nitrogens with zero attached hydrogens (tertiary/aromatic N) is 4. The molecule has 2 aromatic heterocycles. The van der Waals surface area contributed by atoms with Crippen LogP contribution in [-0.4, -0.2) is 30.2 Å². The Hall–Kier alpha value is -2.18. The fourth-order valence-electron chi connectivity index (χ4n) is 1.72. The Morgan fingerprint density at radius 1 is 1.53 bits per heavy atom. The third-order valence-electron chi connectivity index (χ3n) is 2.59. The van der Waals surface area contributed by atoms with Crippen LogP contribution in [0.4, 0.5) is 0 Å². The topological polar surface area (TPSA) is 89.5 Å². The van der Waals surface area contributed by atoms with Gasteiger partial charge in [0.1, 0.15) is 12.9 Å². The normalized spacial score (nSPS) is 10.9. The number of carboxylic acid groups (broad SMARTS) is 1. The van der Waals surface area contributed by atoms with Crippen LogP contribution in [0.15, 0.2) is 11.1 Å². The maximum atomic E-state index is 11.8. The van der Waals surface area contributed by atoms with Gasteiger partial charge in [-0.1, -0.05) is 6.92 Å². The van der Waals surface area contributed by atoms with Gasteiger partial charge in [0.15, 0.2) is 5.65 Å². The number of hydrogen-bond donors (Lipinski definition) is 1. The maximum Gasteiger partial charge on any atom is 0.352 e. The lowest BCUT2D eigenvalue weighted by atomic mass is 10.2. The molecule has 0 radical (unpaired) electrons. The van der Waals surface area contributed by atoms with Crippen LogP contribution in [0, 0.1) is 6.92 Å². The van der Waals surface area contributed by atoms with Crippen LogP contribution in [0.5, 0.6) is 0 Å². The highest BCUT2D eigenvalue weighted by molar-refractivity contribution is 5.66. The largest absolute Gasteiger partial charge is 0.480 e. The lowest BCUT2D eigenvalue weighted by Gasteiger charge is -2.00. The lowest BCUT2D eigenvalue weighted by molar-refractivity contribution is -0.137. The number of rotatable bonds is 3. The quantitative estimate of drug-likeness (QED) is 0.800. The molecule has 0 fully saturated rings.